The lowest BCUT2D eigenvalue weighted by atomic mass is 9.93. The first-order valence-electron chi connectivity index (χ1n) is 7.85. The number of likely N-dealkylation sites (tertiary alicyclic amines) is 1. The van der Waals surface area contributed by atoms with Gasteiger partial charge in [-0.25, -0.2) is 4.98 Å². The van der Waals surface area contributed by atoms with Gasteiger partial charge in [-0.3, -0.25) is 9.78 Å². The second-order valence-corrected chi connectivity index (χ2v) is 6.51. The Morgan fingerprint density at radius 2 is 2.22 bits per heavy atom. The molecule has 3 rings (SSSR count). The molecule has 0 aliphatic carbocycles. The Bertz CT molecular complexity index is 688. The van der Waals surface area contributed by atoms with Gasteiger partial charge >= 0.3 is 0 Å². The van der Waals surface area contributed by atoms with Crippen LogP contribution in [0.25, 0.3) is 0 Å². The molecular formula is C15H20N6OS. The molecule has 0 unspecified atom stereocenters. The van der Waals surface area contributed by atoms with Gasteiger partial charge < -0.3 is 10.6 Å². The molecule has 0 bridgehead atoms. The predicted octanol–water partition coefficient (Wildman–Crippen LogP) is 1.57. The molecule has 1 atom stereocenters. The molecule has 8 heteroatoms. The largest absolute Gasteiger partial charge is 0.382 e. The molecule has 1 fully saturated rings. The number of carbonyl (C=O) groups is 1. The summed E-state index contributed by atoms with van der Waals surface area (Å²) in [4.78, 5) is 23.7. The molecule has 23 heavy (non-hydrogen) atoms. The normalized spacial score (nSPS) is 18.1. The number of rotatable bonds is 4. The Morgan fingerprint density at radius 1 is 1.39 bits per heavy atom. The lowest BCUT2D eigenvalue weighted by Gasteiger charge is -2.32. The Balaban J connectivity index is 1.69. The van der Waals surface area contributed by atoms with Crippen LogP contribution in [0.3, 0.4) is 0 Å². The first-order chi connectivity index (χ1) is 11.2. The van der Waals surface area contributed by atoms with E-state index in [1.165, 1.54) is 11.5 Å². The van der Waals surface area contributed by atoms with Gasteiger partial charge in [-0.1, -0.05) is 11.4 Å². The SMILES string of the molecule is CCc1nnsc1C(=O)N1CCC[C@H](Cc2nccnc2N)C1. The minimum Gasteiger partial charge on any atom is -0.382 e. The number of piperidine rings is 1. The van der Waals surface area contributed by atoms with E-state index in [-0.39, 0.29) is 5.91 Å². The van der Waals surface area contributed by atoms with Gasteiger partial charge in [-0.2, -0.15) is 0 Å². The average molecular weight is 332 g/mol. The first-order valence-corrected chi connectivity index (χ1v) is 8.62. The van der Waals surface area contributed by atoms with Crippen LogP contribution in [0, 0.1) is 5.92 Å². The molecule has 7 nitrogen and oxygen atoms in total. The number of carbonyl (C=O) groups excluding carboxylic acids is 1. The third-order valence-electron chi connectivity index (χ3n) is 4.18. The Labute approximate surface area is 139 Å². The molecule has 0 radical (unpaired) electrons. The summed E-state index contributed by atoms with van der Waals surface area (Å²) < 4.78 is 3.92. The maximum atomic E-state index is 12.7. The topological polar surface area (TPSA) is 97.9 Å². The van der Waals surface area contributed by atoms with Crippen molar-refractivity contribution in [3.63, 3.8) is 0 Å². The van der Waals surface area contributed by atoms with Crippen molar-refractivity contribution in [2.45, 2.75) is 32.6 Å². The third-order valence-corrected chi connectivity index (χ3v) is 4.94. The summed E-state index contributed by atoms with van der Waals surface area (Å²) in [5.74, 6) is 0.891. The van der Waals surface area contributed by atoms with Crippen molar-refractivity contribution in [3.8, 4) is 0 Å². The molecular weight excluding hydrogens is 312 g/mol. The van der Waals surface area contributed by atoms with E-state index in [1.807, 2.05) is 11.8 Å². The summed E-state index contributed by atoms with van der Waals surface area (Å²) in [5.41, 5.74) is 7.49. The summed E-state index contributed by atoms with van der Waals surface area (Å²) in [6.07, 6.45) is 6.80. The molecule has 2 N–H and O–H groups in total. The number of nitrogen functional groups attached to an aromatic ring is 1. The molecule has 3 heterocycles. The molecule has 1 amide bonds. The highest BCUT2D eigenvalue weighted by Crippen LogP contribution is 2.24. The van der Waals surface area contributed by atoms with E-state index in [2.05, 4.69) is 19.6 Å². The van der Waals surface area contributed by atoms with Crippen molar-refractivity contribution < 1.29 is 4.79 Å². The highest BCUT2D eigenvalue weighted by atomic mass is 32.1. The number of nitrogens with two attached hydrogens (primary N) is 1. The summed E-state index contributed by atoms with van der Waals surface area (Å²) in [6, 6.07) is 0. The van der Waals surface area contributed by atoms with E-state index in [0.717, 1.165) is 50.2 Å². The van der Waals surface area contributed by atoms with E-state index in [4.69, 9.17) is 5.73 Å². The molecule has 0 spiro atoms. The van der Waals surface area contributed by atoms with Crippen molar-refractivity contribution in [1.82, 2.24) is 24.5 Å². The van der Waals surface area contributed by atoms with Crippen LogP contribution in [-0.4, -0.2) is 43.5 Å². The predicted molar refractivity (Wildman–Crippen MR) is 88.1 cm³/mol. The summed E-state index contributed by atoms with van der Waals surface area (Å²) >= 11 is 1.19. The zero-order chi connectivity index (χ0) is 16.2. The van der Waals surface area contributed by atoms with Crippen molar-refractivity contribution in [3.05, 3.63) is 28.7 Å². The Kier molecular flexibility index (Phi) is 4.80. The van der Waals surface area contributed by atoms with Crippen LogP contribution in [0.4, 0.5) is 5.82 Å². The van der Waals surface area contributed by atoms with E-state index in [1.54, 1.807) is 12.4 Å². The molecule has 0 aromatic carbocycles. The number of nitrogens with zero attached hydrogens (tertiary/aromatic N) is 5. The Morgan fingerprint density at radius 3 is 3.00 bits per heavy atom. The maximum absolute atomic E-state index is 12.7. The summed E-state index contributed by atoms with van der Waals surface area (Å²) in [5, 5.41) is 4.04. The van der Waals surface area contributed by atoms with Gasteiger partial charge in [0, 0.05) is 25.5 Å². The fourth-order valence-corrected chi connectivity index (χ4v) is 3.69. The van der Waals surface area contributed by atoms with Gasteiger partial charge in [0.15, 0.2) is 0 Å². The van der Waals surface area contributed by atoms with E-state index >= 15 is 0 Å². The highest BCUT2D eigenvalue weighted by molar-refractivity contribution is 7.08. The first kappa shape index (κ1) is 15.8. The maximum Gasteiger partial charge on any atom is 0.267 e. The van der Waals surface area contributed by atoms with Crippen LogP contribution in [-0.2, 0) is 12.8 Å². The third kappa shape index (κ3) is 3.47. The molecule has 1 aliphatic rings. The zero-order valence-corrected chi connectivity index (χ0v) is 13.9. The van der Waals surface area contributed by atoms with Gasteiger partial charge in [-0.05, 0) is 43.1 Å². The van der Waals surface area contributed by atoms with Gasteiger partial charge in [-0.15, -0.1) is 5.10 Å². The lowest BCUT2D eigenvalue weighted by Crippen LogP contribution is -2.40. The fourth-order valence-electron chi connectivity index (χ4n) is 2.97. The molecule has 2 aromatic heterocycles. The number of anilines is 1. The zero-order valence-electron chi connectivity index (χ0n) is 13.1. The standard InChI is InChI=1S/C15H20N6OS/c1-2-11-13(23-20-19-11)15(22)21-7-3-4-10(9-21)8-12-14(16)18-6-5-17-12/h5-6,10H,2-4,7-9H2,1H3,(H2,16,18)/t10-/m1/s1. The average Bonchev–Trinajstić information content (AvgIpc) is 3.05. The smallest absolute Gasteiger partial charge is 0.267 e. The molecule has 2 aromatic rings. The van der Waals surface area contributed by atoms with Gasteiger partial charge in [0.2, 0.25) is 0 Å². The number of hydrogen-bond acceptors (Lipinski definition) is 7. The van der Waals surface area contributed by atoms with Crippen molar-refractivity contribution in [1.29, 1.82) is 0 Å². The second-order valence-electron chi connectivity index (χ2n) is 5.75. The molecule has 1 saturated heterocycles. The summed E-state index contributed by atoms with van der Waals surface area (Å²) in [6.45, 7) is 3.49. The van der Waals surface area contributed by atoms with Gasteiger partial charge in [0.25, 0.3) is 5.91 Å². The number of hydrogen-bond donors (Lipinski definition) is 1. The minimum atomic E-state index is 0.0497. The van der Waals surface area contributed by atoms with E-state index in [9.17, 15) is 4.79 Å². The molecule has 1 aliphatic heterocycles. The van der Waals surface area contributed by atoms with Crippen LogP contribution in [0.5, 0.6) is 0 Å². The minimum absolute atomic E-state index is 0.0497. The van der Waals surface area contributed by atoms with Crippen LogP contribution in [0.15, 0.2) is 12.4 Å². The number of amides is 1. The second kappa shape index (κ2) is 6.99. The fraction of sp³-hybridized carbons (Fsp3) is 0.533. The van der Waals surface area contributed by atoms with E-state index in [0.29, 0.717) is 16.6 Å². The van der Waals surface area contributed by atoms with Crippen molar-refractivity contribution in [2.75, 3.05) is 18.8 Å². The van der Waals surface area contributed by atoms with E-state index < -0.39 is 0 Å². The van der Waals surface area contributed by atoms with Gasteiger partial charge in [0.05, 0.1) is 11.4 Å². The number of aromatic nitrogens is 4. The highest BCUT2D eigenvalue weighted by Gasteiger charge is 2.28. The number of aryl methyl sites for hydroxylation is 1. The van der Waals surface area contributed by atoms with Crippen LogP contribution >= 0.6 is 11.5 Å². The van der Waals surface area contributed by atoms with Crippen LogP contribution < -0.4 is 5.73 Å². The molecule has 122 valence electrons. The lowest BCUT2D eigenvalue weighted by molar-refractivity contribution is 0.0676. The van der Waals surface area contributed by atoms with Crippen LogP contribution in [0.1, 0.15) is 40.8 Å². The van der Waals surface area contributed by atoms with Crippen molar-refractivity contribution >= 4 is 23.3 Å². The molecule has 0 saturated carbocycles. The van der Waals surface area contributed by atoms with Crippen LogP contribution in [0.2, 0.25) is 0 Å². The monoisotopic (exact) mass is 332 g/mol. The van der Waals surface area contributed by atoms with Gasteiger partial charge in [0.1, 0.15) is 10.7 Å². The van der Waals surface area contributed by atoms with Crippen molar-refractivity contribution in [2.24, 2.45) is 5.92 Å². The summed E-state index contributed by atoms with van der Waals surface area (Å²) in [7, 11) is 0. The quantitative estimate of drug-likeness (QED) is 0.912. The Hall–Kier alpha value is -2.09.